The van der Waals surface area contributed by atoms with Gasteiger partial charge in [-0.25, -0.2) is 0 Å². The summed E-state index contributed by atoms with van der Waals surface area (Å²) in [6.45, 7) is 0.490. The van der Waals surface area contributed by atoms with Gasteiger partial charge in [-0.2, -0.15) is 8.78 Å². The Morgan fingerprint density at radius 1 is 1.58 bits per heavy atom. The van der Waals surface area contributed by atoms with Crippen LogP contribution in [-0.4, -0.2) is 38.5 Å². The number of nitrogens with one attached hydrogen (secondary N) is 1. The summed E-state index contributed by atoms with van der Waals surface area (Å²) in [4.78, 5) is 0. The number of halogens is 2. The normalized spacial score (nSPS) is 31.0. The van der Waals surface area contributed by atoms with Gasteiger partial charge in [0.25, 0.3) is 0 Å². The summed E-state index contributed by atoms with van der Waals surface area (Å²) in [5, 5.41) is 3.06. The van der Waals surface area contributed by atoms with Gasteiger partial charge >= 0.3 is 6.61 Å². The summed E-state index contributed by atoms with van der Waals surface area (Å²) in [5.41, 5.74) is 0. The van der Waals surface area contributed by atoms with Gasteiger partial charge in [-0.15, -0.1) is 0 Å². The van der Waals surface area contributed by atoms with Crippen LogP contribution in [0, 0.1) is 0 Å². The van der Waals surface area contributed by atoms with Crippen molar-refractivity contribution >= 4 is 0 Å². The number of hydrogen-bond donors (Lipinski definition) is 1. The molecule has 5 heteroatoms. The zero-order valence-corrected chi connectivity index (χ0v) is 6.93. The molecule has 0 aromatic heterocycles. The first-order chi connectivity index (χ1) is 5.68. The minimum atomic E-state index is -2.70. The van der Waals surface area contributed by atoms with E-state index in [9.17, 15) is 8.78 Å². The van der Waals surface area contributed by atoms with E-state index in [0.717, 1.165) is 6.54 Å². The van der Waals surface area contributed by atoms with E-state index in [0.29, 0.717) is 6.54 Å². The van der Waals surface area contributed by atoms with Gasteiger partial charge in [-0.3, -0.25) is 0 Å². The Labute approximate surface area is 70.0 Å². The van der Waals surface area contributed by atoms with Crippen molar-refractivity contribution in [2.45, 2.75) is 25.7 Å². The third-order valence-electron chi connectivity index (χ3n) is 1.64. The van der Waals surface area contributed by atoms with Crippen molar-refractivity contribution in [2.24, 2.45) is 0 Å². The molecule has 0 bridgehead atoms. The lowest BCUT2D eigenvalue weighted by Crippen LogP contribution is -2.45. The fourth-order valence-electron chi connectivity index (χ4n) is 1.15. The topological polar surface area (TPSA) is 30.5 Å². The molecule has 12 heavy (non-hydrogen) atoms. The van der Waals surface area contributed by atoms with Crippen molar-refractivity contribution in [1.29, 1.82) is 0 Å². The highest BCUT2D eigenvalue weighted by atomic mass is 19.3. The lowest BCUT2D eigenvalue weighted by molar-refractivity contribution is -0.165. The van der Waals surface area contributed by atoms with Crippen molar-refractivity contribution < 1.29 is 18.3 Å². The summed E-state index contributed by atoms with van der Waals surface area (Å²) in [6, 6.07) is 0. The molecule has 2 unspecified atom stereocenters. The van der Waals surface area contributed by atoms with Crippen LogP contribution in [0.5, 0.6) is 0 Å². The van der Waals surface area contributed by atoms with Crippen LogP contribution in [0.2, 0.25) is 0 Å². The van der Waals surface area contributed by atoms with Crippen LogP contribution < -0.4 is 5.32 Å². The maximum Gasteiger partial charge on any atom is 0.345 e. The van der Waals surface area contributed by atoms with Crippen molar-refractivity contribution in [3.05, 3.63) is 0 Å². The molecule has 1 aliphatic heterocycles. The Morgan fingerprint density at radius 3 is 2.92 bits per heavy atom. The molecular weight excluding hydrogens is 168 g/mol. The van der Waals surface area contributed by atoms with Crippen LogP contribution in [0.15, 0.2) is 0 Å². The standard InChI is InChI=1S/C7H13F2NO2/c1-5-2-10-3-6(12-5)4-11-7(8)9/h5-7,10H,2-4H2,1H3. The van der Waals surface area contributed by atoms with Gasteiger partial charge in [0.2, 0.25) is 0 Å². The molecular formula is C7H13F2NO2. The maximum absolute atomic E-state index is 11.6. The molecule has 1 aliphatic rings. The highest BCUT2D eigenvalue weighted by Gasteiger charge is 2.19. The molecule has 1 fully saturated rings. The Morgan fingerprint density at radius 2 is 2.33 bits per heavy atom. The zero-order valence-electron chi connectivity index (χ0n) is 6.93. The second-order valence-electron chi connectivity index (χ2n) is 2.82. The Balaban J connectivity index is 2.14. The van der Waals surface area contributed by atoms with Gasteiger partial charge in [0.05, 0.1) is 18.8 Å². The van der Waals surface area contributed by atoms with Gasteiger partial charge < -0.3 is 14.8 Å². The van der Waals surface area contributed by atoms with Crippen LogP contribution in [0.25, 0.3) is 0 Å². The largest absolute Gasteiger partial charge is 0.370 e. The van der Waals surface area contributed by atoms with E-state index in [1.54, 1.807) is 0 Å². The number of alkyl halides is 2. The van der Waals surface area contributed by atoms with Crippen LogP contribution >= 0.6 is 0 Å². The summed E-state index contributed by atoms with van der Waals surface area (Å²) >= 11 is 0. The average Bonchev–Trinajstić information content (AvgIpc) is 2.01. The molecule has 1 saturated heterocycles. The molecule has 1 rings (SSSR count). The van der Waals surface area contributed by atoms with Crippen molar-refractivity contribution in [3.8, 4) is 0 Å². The van der Waals surface area contributed by atoms with Crippen LogP contribution in [0.1, 0.15) is 6.92 Å². The average molecular weight is 181 g/mol. The number of morpholine rings is 1. The van der Waals surface area contributed by atoms with E-state index < -0.39 is 6.61 Å². The van der Waals surface area contributed by atoms with E-state index in [4.69, 9.17) is 4.74 Å². The number of rotatable bonds is 3. The summed E-state index contributed by atoms with van der Waals surface area (Å²) in [6.07, 6.45) is -0.173. The van der Waals surface area contributed by atoms with Gasteiger partial charge in [0, 0.05) is 13.1 Å². The first kappa shape index (κ1) is 9.83. The van der Waals surface area contributed by atoms with E-state index >= 15 is 0 Å². The predicted molar refractivity (Wildman–Crippen MR) is 39.2 cm³/mol. The minimum absolute atomic E-state index is 0.0466. The molecule has 0 aromatic carbocycles. The molecule has 72 valence electrons. The fraction of sp³-hybridized carbons (Fsp3) is 1.00. The Bertz CT molecular complexity index is 135. The highest BCUT2D eigenvalue weighted by molar-refractivity contribution is 4.70. The molecule has 2 atom stereocenters. The molecule has 0 aromatic rings. The van der Waals surface area contributed by atoms with E-state index in [2.05, 4.69) is 10.1 Å². The maximum atomic E-state index is 11.6. The molecule has 1 N–H and O–H groups in total. The Hall–Kier alpha value is -0.260. The monoisotopic (exact) mass is 181 g/mol. The minimum Gasteiger partial charge on any atom is -0.370 e. The molecule has 1 heterocycles. The summed E-state index contributed by atoms with van der Waals surface area (Å²) in [5.74, 6) is 0. The van der Waals surface area contributed by atoms with E-state index in [-0.39, 0.29) is 18.8 Å². The molecule has 3 nitrogen and oxygen atoms in total. The van der Waals surface area contributed by atoms with Crippen molar-refractivity contribution in [1.82, 2.24) is 5.32 Å². The number of hydrogen-bond acceptors (Lipinski definition) is 3. The molecule has 0 aliphatic carbocycles. The van der Waals surface area contributed by atoms with Crippen LogP contribution in [-0.2, 0) is 9.47 Å². The lowest BCUT2D eigenvalue weighted by Gasteiger charge is -2.28. The second kappa shape index (κ2) is 4.69. The summed E-state index contributed by atoms with van der Waals surface area (Å²) in [7, 11) is 0. The SMILES string of the molecule is CC1CNCC(COC(F)F)O1. The Kier molecular flexibility index (Phi) is 3.84. The number of ether oxygens (including phenoxy) is 2. The zero-order chi connectivity index (χ0) is 8.97. The molecule has 0 saturated carbocycles. The third kappa shape index (κ3) is 3.42. The summed E-state index contributed by atoms with van der Waals surface area (Å²) < 4.78 is 32.6. The first-order valence-corrected chi connectivity index (χ1v) is 3.94. The highest BCUT2D eigenvalue weighted by Crippen LogP contribution is 2.05. The quantitative estimate of drug-likeness (QED) is 0.691. The third-order valence-corrected chi connectivity index (χ3v) is 1.64. The van der Waals surface area contributed by atoms with E-state index in [1.165, 1.54) is 0 Å². The van der Waals surface area contributed by atoms with Crippen molar-refractivity contribution in [2.75, 3.05) is 19.7 Å². The molecule has 0 radical (unpaired) electrons. The van der Waals surface area contributed by atoms with Gasteiger partial charge in [-0.1, -0.05) is 0 Å². The van der Waals surface area contributed by atoms with Gasteiger partial charge in [-0.05, 0) is 6.92 Å². The van der Waals surface area contributed by atoms with E-state index in [1.807, 2.05) is 6.92 Å². The smallest absolute Gasteiger partial charge is 0.345 e. The van der Waals surface area contributed by atoms with Gasteiger partial charge in [0.1, 0.15) is 0 Å². The second-order valence-corrected chi connectivity index (χ2v) is 2.82. The molecule has 0 spiro atoms. The van der Waals surface area contributed by atoms with Crippen LogP contribution in [0.3, 0.4) is 0 Å². The van der Waals surface area contributed by atoms with Crippen molar-refractivity contribution in [3.63, 3.8) is 0 Å². The van der Waals surface area contributed by atoms with Crippen LogP contribution in [0.4, 0.5) is 8.78 Å². The predicted octanol–water partition coefficient (Wildman–Crippen LogP) is 0.602. The van der Waals surface area contributed by atoms with Gasteiger partial charge in [0.15, 0.2) is 0 Å². The first-order valence-electron chi connectivity index (χ1n) is 3.94. The fourth-order valence-corrected chi connectivity index (χ4v) is 1.15. The lowest BCUT2D eigenvalue weighted by atomic mass is 10.2. The molecule has 0 amide bonds.